The number of halogens is 1. The van der Waals surface area contributed by atoms with Gasteiger partial charge in [-0.05, 0) is 19.1 Å². The Labute approximate surface area is 132 Å². The number of hydrogen-bond donors (Lipinski definition) is 2. The molecule has 0 bridgehead atoms. The smallest absolute Gasteiger partial charge is 0.267 e. The van der Waals surface area contributed by atoms with Gasteiger partial charge >= 0.3 is 0 Å². The monoisotopic (exact) mass is 347 g/mol. The van der Waals surface area contributed by atoms with E-state index in [4.69, 9.17) is 22.1 Å². The summed E-state index contributed by atoms with van der Waals surface area (Å²) in [5, 5.41) is 2.30. The van der Waals surface area contributed by atoms with Gasteiger partial charge in [-0.15, -0.1) is 11.3 Å². The number of nitrogens with zero attached hydrogens (tertiary/aromatic N) is 1. The number of anilines is 1. The van der Waals surface area contributed by atoms with Gasteiger partial charge in [0, 0.05) is 22.5 Å². The molecule has 1 aromatic carbocycles. The molecule has 0 aliphatic carbocycles. The normalized spacial score (nSPS) is 11.4. The molecule has 0 aliphatic heterocycles. The second-order valence-corrected chi connectivity index (χ2v) is 7.15. The third kappa shape index (κ3) is 3.46. The highest BCUT2D eigenvalue weighted by Crippen LogP contribution is 2.33. The molecule has 0 radical (unpaired) electrons. The Morgan fingerprint density at radius 3 is 2.71 bits per heavy atom. The predicted octanol–water partition coefficient (Wildman–Crippen LogP) is 2.37. The molecule has 0 aliphatic rings. The lowest BCUT2D eigenvalue weighted by Gasteiger charge is -2.14. The van der Waals surface area contributed by atoms with E-state index in [-0.39, 0.29) is 27.3 Å². The minimum absolute atomic E-state index is 0.0641. The summed E-state index contributed by atoms with van der Waals surface area (Å²) in [6.07, 6.45) is 0. The third-order valence-electron chi connectivity index (χ3n) is 2.65. The quantitative estimate of drug-likeness (QED) is 0.865. The standard InChI is InChI=1S/C12H14ClN3O3S2/c1-7-6-20-12(15-7)16-21(17,18)10-4-9(13)3-8(5-14)11(10)19-2/h3-4,6H,5,14H2,1-2H3,(H,15,16). The topological polar surface area (TPSA) is 94.3 Å². The summed E-state index contributed by atoms with van der Waals surface area (Å²) in [4.78, 5) is 4.01. The highest BCUT2D eigenvalue weighted by molar-refractivity contribution is 7.93. The number of sulfonamides is 1. The van der Waals surface area contributed by atoms with E-state index in [2.05, 4.69) is 9.71 Å². The molecule has 0 saturated carbocycles. The molecule has 1 heterocycles. The van der Waals surface area contributed by atoms with Crippen LogP contribution in [0.15, 0.2) is 22.4 Å². The first kappa shape index (κ1) is 16.0. The molecular formula is C12H14ClN3O3S2. The molecule has 0 spiro atoms. The maximum absolute atomic E-state index is 12.5. The summed E-state index contributed by atoms with van der Waals surface area (Å²) in [5.74, 6) is 0.183. The molecule has 0 fully saturated rings. The van der Waals surface area contributed by atoms with Gasteiger partial charge in [0.1, 0.15) is 10.6 Å². The van der Waals surface area contributed by atoms with Crippen molar-refractivity contribution in [3.63, 3.8) is 0 Å². The SMILES string of the molecule is COc1c(CN)cc(Cl)cc1S(=O)(=O)Nc1nc(C)cs1. The Kier molecular flexibility index (Phi) is 4.72. The van der Waals surface area contributed by atoms with Crippen molar-refractivity contribution < 1.29 is 13.2 Å². The van der Waals surface area contributed by atoms with Crippen molar-refractivity contribution >= 4 is 38.1 Å². The van der Waals surface area contributed by atoms with E-state index in [0.717, 1.165) is 5.69 Å². The summed E-state index contributed by atoms with van der Waals surface area (Å²) >= 11 is 7.15. The van der Waals surface area contributed by atoms with Crippen molar-refractivity contribution in [2.45, 2.75) is 18.4 Å². The first-order chi connectivity index (χ1) is 9.87. The zero-order chi connectivity index (χ0) is 15.6. The van der Waals surface area contributed by atoms with Crippen LogP contribution in [0.25, 0.3) is 0 Å². The summed E-state index contributed by atoms with van der Waals surface area (Å²) in [6, 6.07) is 2.90. The summed E-state index contributed by atoms with van der Waals surface area (Å²) in [5.41, 5.74) is 6.85. The molecule has 3 N–H and O–H groups in total. The van der Waals surface area contributed by atoms with Crippen LogP contribution in [0.2, 0.25) is 5.02 Å². The molecule has 6 nitrogen and oxygen atoms in total. The van der Waals surface area contributed by atoms with Gasteiger partial charge in [-0.2, -0.15) is 0 Å². The zero-order valence-electron chi connectivity index (χ0n) is 11.4. The average molecular weight is 348 g/mol. The van der Waals surface area contributed by atoms with Crippen molar-refractivity contribution in [1.29, 1.82) is 0 Å². The van der Waals surface area contributed by atoms with Crippen LogP contribution in [0.1, 0.15) is 11.3 Å². The molecular weight excluding hydrogens is 334 g/mol. The summed E-state index contributed by atoms with van der Waals surface area (Å²) in [7, 11) is -2.48. The summed E-state index contributed by atoms with van der Waals surface area (Å²) in [6.45, 7) is 1.89. The van der Waals surface area contributed by atoms with E-state index in [0.29, 0.717) is 5.56 Å². The minimum Gasteiger partial charge on any atom is -0.495 e. The fourth-order valence-electron chi connectivity index (χ4n) is 1.78. The van der Waals surface area contributed by atoms with Gasteiger partial charge in [-0.25, -0.2) is 13.4 Å². The number of ether oxygens (including phenoxy) is 1. The number of nitrogens with one attached hydrogen (secondary N) is 1. The van der Waals surface area contributed by atoms with E-state index >= 15 is 0 Å². The zero-order valence-corrected chi connectivity index (χ0v) is 13.8. The number of nitrogens with two attached hydrogens (primary N) is 1. The maximum Gasteiger partial charge on any atom is 0.267 e. The Hall–Kier alpha value is -1.35. The molecule has 21 heavy (non-hydrogen) atoms. The van der Waals surface area contributed by atoms with Crippen molar-refractivity contribution in [2.24, 2.45) is 5.73 Å². The van der Waals surface area contributed by atoms with Crippen LogP contribution in [-0.4, -0.2) is 20.5 Å². The Bertz CT molecular complexity index is 759. The number of hydrogen-bond acceptors (Lipinski definition) is 6. The lowest BCUT2D eigenvalue weighted by Crippen LogP contribution is -2.15. The molecule has 0 saturated heterocycles. The van der Waals surface area contributed by atoms with E-state index in [1.165, 1.54) is 24.5 Å². The first-order valence-electron chi connectivity index (χ1n) is 5.89. The molecule has 0 atom stereocenters. The number of methoxy groups -OCH3 is 1. The van der Waals surface area contributed by atoms with E-state index in [1.807, 2.05) is 0 Å². The van der Waals surface area contributed by atoms with Crippen LogP contribution in [-0.2, 0) is 16.6 Å². The van der Waals surface area contributed by atoms with E-state index in [1.54, 1.807) is 18.4 Å². The Morgan fingerprint density at radius 1 is 1.48 bits per heavy atom. The minimum atomic E-state index is -3.86. The molecule has 9 heteroatoms. The second-order valence-electron chi connectivity index (χ2n) is 4.20. The summed E-state index contributed by atoms with van der Waals surface area (Å²) < 4.78 is 32.6. The highest BCUT2D eigenvalue weighted by Gasteiger charge is 2.23. The number of aryl methyl sites for hydroxylation is 1. The molecule has 2 aromatic rings. The van der Waals surface area contributed by atoms with E-state index < -0.39 is 10.0 Å². The average Bonchev–Trinajstić information content (AvgIpc) is 2.82. The first-order valence-corrected chi connectivity index (χ1v) is 8.63. The van der Waals surface area contributed by atoms with Gasteiger partial charge in [0.15, 0.2) is 5.13 Å². The number of thiazole rings is 1. The van der Waals surface area contributed by atoms with Crippen molar-refractivity contribution in [2.75, 3.05) is 11.8 Å². The Balaban J connectivity index is 2.51. The highest BCUT2D eigenvalue weighted by atomic mass is 35.5. The second kappa shape index (κ2) is 6.18. The van der Waals surface area contributed by atoms with Crippen LogP contribution < -0.4 is 15.2 Å². The van der Waals surface area contributed by atoms with Crippen molar-refractivity contribution in [3.05, 3.63) is 33.8 Å². The van der Waals surface area contributed by atoms with E-state index in [9.17, 15) is 8.42 Å². The molecule has 1 aromatic heterocycles. The van der Waals surface area contributed by atoms with Gasteiger partial charge in [0.2, 0.25) is 0 Å². The third-order valence-corrected chi connectivity index (χ3v) is 5.22. The van der Waals surface area contributed by atoms with Crippen molar-refractivity contribution in [3.8, 4) is 5.75 Å². The van der Waals surface area contributed by atoms with Gasteiger partial charge in [-0.3, -0.25) is 4.72 Å². The molecule has 2 rings (SSSR count). The van der Waals surface area contributed by atoms with Crippen LogP contribution >= 0.6 is 22.9 Å². The fourth-order valence-corrected chi connectivity index (χ4v) is 4.26. The van der Waals surface area contributed by atoms with Gasteiger partial charge in [0.25, 0.3) is 10.0 Å². The predicted molar refractivity (Wildman–Crippen MR) is 83.6 cm³/mol. The largest absolute Gasteiger partial charge is 0.495 e. The van der Waals surface area contributed by atoms with Crippen LogP contribution in [0.3, 0.4) is 0 Å². The molecule has 0 amide bonds. The fraction of sp³-hybridized carbons (Fsp3) is 0.250. The lowest BCUT2D eigenvalue weighted by molar-refractivity contribution is 0.398. The van der Waals surface area contributed by atoms with Crippen LogP contribution in [0, 0.1) is 6.92 Å². The van der Waals surface area contributed by atoms with Crippen LogP contribution in [0.4, 0.5) is 5.13 Å². The molecule has 114 valence electrons. The van der Waals surface area contributed by atoms with Gasteiger partial charge < -0.3 is 10.5 Å². The van der Waals surface area contributed by atoms with Gasteiger partial charge in [0.05, 0.1) is 12.8 Å². The van der Waals surface area contributed by atoms with Crippen LogP contribution in [0.5, 0.6) is 5.75 Å². The number of aromatic nitrogens is 1. The van der Waals surface area contributed by atoms with Gasteiger partial charge in [-0.1, -0.05) is 11.6 Å². The Morgan fingerprint density at radius 2 is 2.19 bits per heavy atom. The van der Waals surface area contributed by atoms with Crippen molar-refractivity contribution in [1.82, 2.24) is 4.98 Å². The number of benzene rings is 1. The molecule has 0 unspecified atom stereocenters. The maximum atomic E-state index is 12.5. The lowest BCUT2D eigenvalue weighted by atomic mass is 10.2. The number of rotatable bonds is 5.